The number of hydrogen-bond acceptors (Lipinski definition) is 2. The minimum atomic E-state index is -0.0490. The molecule has 1 aromatic rings. The zero-order chi connectivity index (χ0) is 13.9. The monoisotopic (exact) mass is 262 g/mol. The Hall–Kier alpha value is -1.35. The summed E-state index contributed by atoms with van der Waals surface area (Å²) in [5.41, 5.74) is 7.15. The van der Waals surface area contributed by atoms with Gasteiger partial charge >= 0.3 is 0 Å². The number of benzene rings is 1. The summed E-state index contributed by atoms with van der Waals surface area (Å²) in [5.74, 6) is 0.114. The van der Waals surface area contributed by atoms with Crippen LogP contribution in [-0.2, 0) is 4.79 Å². The molecule has 0 aliphatic heterocycles. The lowest BCUT2D eigenvalue weighted by atomic mass is 10.0. The van der Waals surface area contributed by atoms with E-state index in [4.69, 9.17) is 5.73 Å². The molecule has 0 aliphatic rings. The Morgan fingerprint density at radius 1 is 1.21 bits per heavy atom. The van der Waals surface area contributed by atoms with Crippen molar-refractivity contribution in [2.24, 2.45) is 5.73 Å². The molecule has 106 valence electrons. The summed E-state index contributed by atoms with van der Waals surface area (Å²) in [6.07, 6.45) is 5.94. The van der Waals surface area contributed by atoms with Gasteiger partial charge in [-0.2, -0.15) is 0 Å². The van der Waals surface area contributed by atoms with Crippen molar-refractivity contribution in [1.82, 2.24) is 5.32 Å². The number of nitrogens with one attached hydrogen (secondary N) is 1. The molecule has 0 aliphatic carbocycles. The predicted molar refractivity (Wildman–Crippen MR) is 79.8 cm³/mol. The van der Waals surface area contributed by atoms with Crippen molar-refractivity contribution in [3.63, 3.8) is 0 Å². The molecule has 0 heterocycles. The van der Waals surface area contributed by atoms with E-state index in [1.807, 2.05) is 30.3 Å². The Kier molecular flexibility index (Phi) is 7.91. The van der Waals surface area contributed by atoms with Crippen LogP contribution in [0.2, 0.25) is 0 Å². The summed E-state index contributed by atoms with van der Waals surface area (Å²) in [4.78, 5) is 11.6. The predicted octanol–water partition coefficient (Wildman–Crippen LogP) is 3.16. The lowest BCUT2D eigenvalue weighted by Gasteiger charge is -2.11. The van der Waals surface area contributed by atoms with Crippen LogP contribution in [0.5, 0.6) is 0 Å². The van der Waals surface area contributed by atoms with E-state index in [1.54, 1.807) is 0 Å². The summed E-state index contributed by atoms with van der Waals surface area (Å²) in [7, 11) is 0. The Morgan fingerprint density at radius 3 is 2.63 bits per heavy atom. The average molecular weight is 262 g/mol. The molecule has 0 saturated heterocycles. The fraction of sp³-hybridized carbons (Fsp3) is 0.562. The first-order valence-corrected chi connectivity index (χ1v) is 7.31. The second-order valence-corrected chi connectivity index (χ2v) is 4.97. The molecule has 1 amide bonds. The maximum absolute atomic E-state index is 11.6. The number of rotatable bonds is 9. The minimum absolute atomic E-state index is 0.0490. The molecule has 1 atom stereocenters. The number of carbonyl (C=O) groups excluding carboxylic acids is 1. The summed E-state index contributed by atoms with van der Waals surface area (Å²) in [6.45, 7) is 2.98. The van der Waals surface area contributed by atoms with Gasteiger partial charge in [0.05, 0.1) is 0 Å². The molecule has 19 heavy (non-hydrogen) atoms. The first-order valence-electron chi connectivity index (χ1n) is 7.31. The Bertz CT molecular complexity index is 351. The first-order chi connectivity index (χ1) is 9.24. The van der Waals surface area contributed by atoms with E-state index in [0.29, 0.717) is 12.8 Å². The molecule has 0 spiro atoms. The van der Waals surface area contributed by atoms with Crippen molar-refractivity contribution >= 4 is 5.91 Å². The zero-order valence-corrected chi connectivity index (χ0v) is 11.9. The van der Waals surface area contributed by atoms with Crippen molar-refractivity contribution in [2.75, 3.05) is 6.54 Å². The van der Waals surface area contributed by atoms with Crippen molar-refractivity contribution in [2.45, 2.75) is 51.5 Å². The third-order valence-corrected chi connectivity index (χ3v) is 3.26. The van der Waals surface area contributed by atoms with Crippen LogP contribution in [0.3, 0.4) is 0 Å². The largest absolute Gasteiger partial charge is 0.356 e. The number of carbonyl (C=O) groups is 1. The zero-order valence-electron chi connectivity index (χ0n) is 11.9. The van der Waals surface area contributed by atoms with Gasteiger partial charge in [0.15, 0.2) is 0 Å². The Morgan fingerprint density at radius 2 is 1.95 bits per heavy atom. The summed E-state index contributed by atoms with van der Waals surface area (Å²) >= 11 is 0. The molecule has 0 aromatic heterocycles. The van der Waals surface area contributed by atoms with Crippen molar-refractivity contribution < 1.29 is 4.79 Å². The lowest BCUT2D eigenvalue weighted by molar-refractivity contribution is -0.121. The third-order valence-electron chi connectivity index (χ3n) is 3.26. The summed E-state index contributed by atoms with van der Waals surface area (Å²) in [5, 5.41) is 2.95. The minimum Gasteiger partial charge on any atom is -0.356 e. The Labute approximate surface area is 116 Å². The molecule has 3 N–H and O–H groups in total. The van der Waals surface area contributed by atoms with Gasteiger partial charge in [0.1, 0.15) is 0 Å². The van der Waals surface area contributed by atoms with E-state index in [2.05, 4.69) is 12.2 Å². The van der Waals surface area contributed by atoms with Crippen LogP contribution in [0.25, 0.3) is 0 Å². The van der Waals surface area contributed by atoms with Crippen LogP contribution in [0.15, 0.2) is 30.3 Å². The molecular weight excluding hydrogens is 236 g/mol. The topological polar surface area (TPSA) is 55.1 Å². The van der Waals surface area contributed by atoms with Gasteiger partial charge in [-0.3, -0.25) is 4.79 Å². The molecular formula is C16H26N2O. The van der Waals surface area contributed by atoms with Gasteiger partial charge in [-0.05, 0) is 18.4 Å². The standard InChI is InChI=1S/C16H26N2O/c1-2-3-4-8-13-18-16(19)12-11-15(17)14-9-6-5-7-10-14/h5-7,9-10,15H,2-4,8,11-13,17H2,1H3,(H,18,19). The molecule has 0 saturated carbocycles. The number of amides is 1. The highest BCUT2D eigenvalue weighted by atomic mass is 16.1. The van der Waals surface area contributed by atoms with Gasteiger partial charge < -0.3 is 11.1 Å². The van der Waals surface area contributed by atoms with Crippen molar-refractivity contribution in [3.8, 4) is 0 Å². The van der Waals surface area contributed by atoms with Gasteiger partial charge in [0, 0.05) is 19.0 Å². The van der Waals surface area contributed by atoms with Crippen LogP contribution < -0.4 is 11.1 Å². The van der Waals surface area contributed by atoms with Gasteiger partial charge in [-0.1, -0.05) is 56.5 Å². The molecule has 0 radical (unpaired) electrons. The highest BCUT2D eigenvalue weighted by Gasteiger charge is 2.08. The SMILES string of the molecule is CCCCCCNC(=O)CCC(N)c1ccccc1. The van der Waals surface area contributed by atoms with E-state index in [0.717, 1.165) is 18.5 Å². The summed E-state index contributed by atoms with van der Waals surface area (Å²) < 4.78 is 0. The average Bonchev–Trinajstić information content (AvgIpc) is 2.45. The third kappa shape index (κ3) is 6.97. The first kappa shape index (κ1) is 15.7. The smallest absolute Gasteiger partial charge is 0.220 e. The summed E-state index contributed by atoms with van der Waals surface area (Å²) in [6, 6.07) is 9.89. The molecule has 3 heteroatoms. The fourth-order valence-corrected chi connectivity index (χ4v) is 2.02. The number of unbranched alkanes of at least 4 members (excludes halogenated alkanes) is 3. The molecule has 0 fully saturated rings. The van der Waals surface area contributed by atoms with Gasteiger partial charge in [0.2, 0.25) is 5.91 Å². The fourth-order valence-electron chi connectivity index (χ4n) is 2.02. The number of hydrogen-bond donors (Lipinski definition) is 2. The van der Waals surface area contributed by atoms with E-state index >= 15 is 0 Å². The molecule has 1 rings (SSSR count). The van der Waals surface area contributed by atoms with E-state index in [-0.39, 0.29) is 11.9 Å². The van der Waals surface area contributed by atoms with E-state index in [1.165, 1.54) is 19.3 Å². The van der Waals surface area contributed by atoms with Crippen molar-refractivity contribution in [3.05, 3.63) is 35.9 Å². The van der Waals surface area contributed by atoms with Crippen LogP contribution in [-0.4, -0.2) is 12.5 Å². The van der Waals surface area contributed by atoms with Crippen LogP contribution in [0.4, 0.5) is 0 Å². The van der Waals surface area contributed by atoms with Gasteiger partial charge in [0.25, 0.3) is 0 Å². The van der Waals surface area contributed by atoms with Crippen LogP contribution >= 0.6 is 0 Å². The van der Waals surface area contributed by atoms with Gasteiger partial charge in [-0.25, -0.2) is 0 Å². The van der Waals surface area contributed by atoms with Crippen LogP contribution in [0, 0.1) is 0 Å². The van der Waals surface area contributed by atoms with E-state index in [9.17, 15) is 4.79 Å². The maximum Gasteiger partial charge on any atom is 0.220 e. The normalized spacial score (nSPS) is 12.1. The van der Waals surface area contributed by atoms with E-state index < -0.39 is 0 Å². The highest BCUT2D eigenvalue weighted by Crippen LogP contribution is 2.14. The van der Waals surface area contributed by atoms with Crippen molar-refractivity contribution in [1.29, 1.82) is 0 Å². The molecule has 0 bridgehead atoms. The van der Waals surface area contributed by atoms with Crippen LogP contribution in [0.1, 0.15) is 57.1 Å². The molecule has 3 nitrogen and oxygen atoms in total. The lowest BCUT2D eigenvalue weighted by Crippen LogP contribution is -2.25. The second-order valence-electron chi connectivity index (χ2n) is 4.97. The second kappa shape index (κ2) is 9.56. The Balaban J connectivity index is 2.13. The molecule has 1 aromatic carbocycles. The molecule has 1 unspecified atom stereocenters. The highest BCUT2D eigenvalue weighted by molar-refractivity contribution is 5.75. The van der Waals surface area contributed by atoms with Gasteiger partial charge in [-0.15, -0.1) is 0 Å². The quantitative estimate of drug-likeness (QED) is 0.672. The number of nitrogens with two attached hydrogens (primary N) is 1. The maximum atomic E-state index is 11.6.